The van der Waals surface area contributed by atoms with Crippen LogP contribution in [-0.2, 0) is 4.79 Å². The topological polar surface area (TPSA) is 76.7 Å². The van der Waals surface area contributed by atoms with Crippen molar-refractivity contribution in [1.29, 1.82) is 0 Å². The van der Waals surface area contributed by atoms with Crippen LogP contribution >= 0.6 is 11.6 Å². The summed E-state index contributed by atoms with van der Waals surface area (Å²) in [5.41, 5.74) is 1.85. The Hall–Kier alpha value is -2.73. The number of aryl methyl sites for hydroxylation is 1. The van der Waals surface area contributed by atoms with Gasteiger partial charge in [-0.25, -0.2) is 0 Å². The van der Waals surface area contributed by atoms with E-state index in [1.165, 1.54) is 14.2 Å². The number of anilines is 1. The van der Waals surface area contributed by atoms with E-state index in [-0.39, 0.29) is 12.5 Å². The van der Waals surface area contributed by atoms with Gasteiger partial charge in [0.05, 0.1) is 31.5 Å². The van der Waals surface area contributed by atoms with Gasteiger partial charge < -0.3 is 20.1 Å². The summed E-state index contributed by atoms with van der Waals surface area (Å²) in [4.78, 5) is 24.1. The third kappa shape index (κ3) is 4.87. The first-order valence-corrected chi connectivity index (χ1v) is 7.88. The molecule has 0 fully saturated rings. The number of hydrogen-bond donors (Lipinski definition) is 2. The second-order valence-electron chi connectivity index (χ2n) is 5.28. The van der Waals surface area contributed by atoms with E-state index in [4.69, 9.17) is 21.1 Å². The molecule has 0 radical (unpaired) electrons. The van der Waals surface area contributed by atoms with Gasteiger partial charge in [0.25, 0.3) is 5.91 Å². The molecule has 0 aliphatic heterocycles. The molecular weight excluding hydrogens is 344 g/mol. The van der Waals surface area contributed by atoms with E-state index in [0.29, 0.717) is 27.8 Å². The summed E-state index contributed by atoms with van der Waals surface area (Å²) in [6.07, 6.45) is 0. The summed E-state index contributed by atoms with van der Waals surface area (Å²) in [6.45, 7) is 1.72. The van der Waals surface area contributed by atoms with Gasteiger partial charge in [-0.2, -0.15) is 0 Å². The first-order chi connectivity index (χ1) is 11.9. The lowest BCUT2D eigenvalue weighted by Crippen LogP contribution is -2.32. The third-order valence-corrected chi connectivity index (χ3v) is 3.77. The van der Waals surface area contributed by atoms with Gasteiger partial charge in [-0.1, -0.05) is 17.7 Å². The highest BCUT2D eigenvalue weighted by Gasteiger charge is 2.12. The standard InChI is InChI=1S/C18H19ClN2O4/c1-11-4-6-14(13(19)8-11)21-17(22)10-20-18(23)12-5-7-15(24-2)16(9-12)25-3/h4-9H,10H2,1-3H3,(H,20,23)(H,21,22). The Morgan fingerprint density at radius 1 is 1.04 bits per heavy atom. The zero-order valence-electron chi connectivity index (χ0n) is 14.2. The van der Waals surface area contributed by atoms with Crippen LogP contribution in [-0.4, -0.2) is 32.6 Å². The molecule has 132 valence electrons. The summed E-state index contributed by atoms with van der Waals surface area (Å²) in [5.74, 6) is 0.183. The van der Waals surface area contributed by atoms with Crippen LogP contribution in [0.4, 0.5) is 5.69 Å². The van der Waals surface area contributed by atoms with Crippen LogP contribution in [0.2, 0.25) is 5.02 Å². The molecule has 0 bridgehead atoms. The maximum Gasteiger partial charge on any atom is 0.251 e. The predicted molar refractivity (Wildman–Crippen MR) is 96.7 cm³/mol. The minimum atomic E-state index is -0.397. The number of halogens is 1. The number of nitrogens with one attached hydrogen (secondary N) is 2. The average molecular weight is 363 g/mol. The van der Waals surface area contributed by atoms with E-state index in [1.807, 2.05) is 13.0 Å². The van der Waals surface area contributed by atoms with E-state index < -0.39 is 5.91 Å². The lowest BCUT2D eigenvalue weighted by Gasteiger charge is -2.11. The molecule has 0 unspecified atom stereocenters. The smallest absolute Gasteiger partial charge is 0.251 e. The second kappa shape index (κ2) is 8.39. The van der Waals surface area contributed by atoms with Crippen molar-refractivity contribution < 1.29 is 19.1 Å². The quantitative estimate of drug-likeness (QED) is 0.828. The number of hydrogen-bond acceptors (Lipinski definition) is 4. The zero-order valence-corrected chi connectivity index (χ0v) is 14.9. The van der Waals surface area contributed by atoms with Crippen LogP contribution in [0, 0.1) is 6.92 Å². The maximum absolute atomic E-state index is 12.2. The molecule has 0 atom stereocenters. The van der Waals surface area contributed by atoms with E-state index >= 15 is 0 Å². The highest BCUT2D eigenvalue weighted by molar-refractivity contribution is 6.33. The molecular formula is C18H19ClN2O4. The van der Waals surface area contributed by atoms with Gasteiger partial charge in [-0.3, -0.25) is 9.59 Å². The predicted octanol–water partition coefficient (Wildman–Crippen LogP) is 3.03. The van der Waals surface area contributed by atoms with Gasteiger partial charge in [-0.05, 0) is 42.8 Å². The molecule has 2 amide bonds. The highest BCUT2D eigenvalue weighted by Crippen LogP contribution is 2.27. The number of carbonyl (C=O) groups excluding carboxylic acids is 2. The number of benzene rings is 2. The lowest BCUT2D eigenvalue weighted by atomic mass is 10.2. The van der Waals surface area contributed by atoms with E-state index in [2.05, 4.69) is 10.6 Å². The third-order valence-electron chi connectivity index (χ3n) is 3.45. The summed E-state index contributed by atoms with van der Waals surface area (Å²) < 4.78 is 10.3. The lowest BCUT2D eigenvalue weighted by molar-refractivity contribution is -0.115. The summed E-state index contributed by atoms with van der Waals surface area (Å²) in [6, 6.07) is 10.1. The Morgan fingerprint density at radius 2 is 1.76 bits per heavy atom. The van der Waals surface area contributed by atoms with Crippen LogP contribution in [0.25, 0.3) is 0 Å². The van der Waals surface area contributed by atoms with Crippen molar-refractivity contribution in [2.24, 2.45) is 0 Å². The number of methoxy groups -OCH3 is 2. The molecule has 0 aromatic heterocycles. The summed E-state index contributed by atoms with van der Waals surface area (Å²) in [7, 11) is 3.00. The van der Waals surface area contributed by atoms with Gasteiger partial charge in [0.15, 0.2) is 11.5 Å². The molecule has 25 heavy (non-hydrogen) atoms. The molecule has 6 nitrogen and oxygen atoms in total. The molecule has 0 aliphatic rings. The first kappa shape index (κ1) is 18.6. The van der Waals surface area contributed by atoms with Gasteiger partial charge in [0.2, 0.25) is 5.91 Å². The Morgan fingerprint density at radius 3 is 2.40 bits per heavy atom. The van der Waals surface area contributed by atoms with Crippen LogP contribution in [0.15, 0.2) is 36.4 Å². The van der Waals surface area contributed by atoms with Gasteiger partial charge >= 0.3 is 0 Å². The Kier molecular flexibility index (Phi) is 6.25. The zero-order chi connectivity index (χ0) is 18.4. The number of carbonyl (C=O) groups is 2. The fourth-order valence-electron chi connectivity index (χ4n) is 2.16. The molecule has 2 aromatic rings. The molecule has 2 N–H and O–H groups in total. The molecule has 0 spiro atoms. The van der Waals surface area contributed by atoms with Crippen molar-refractivity contribution in [2.75, 3.05) is 26.1 Å². The van der Waals surface area contributed by atoms with Crippen molar-refractivity contribution in [1.82, 2.24) is 5.32 Å². The van der Waals surface area contributed by atoms with Crippen LogP contribution in [0.1, 0.15) is 15.9 Å². The first-order valence-electron chi connectivity index (χ1n) is 7.51. The van der Waals surface area contributed by atoms with E-state index in [9.17, 15) is 9.59 Å². The van der Waals surface area contributed by atoms with E-state index in [1.54, 1.807) is 30.3 Å². The Labute approximate surface area is 151 Å². The average Bonchev–Trinajstić information content (AvgIpc) is 2.61. The van der Waals surface area contributed by atoms with Gasteiger partial charge in [-0.15, -0.1) is 0 Å². The van der Waals surface area contributed by atoms with Crippen molar-refractivity contribution in [2.45, 2.75) is 6.92 Å². The van der Waals surface area contributed by atoms with Gasteiger partial charge in [0.1, 0.15) is 0 Å². The van der Waals surface area contributed by atoms with Crippen LogP contribution in [0.5, 0.6) is 11.5 Å². The van der Waals surface area contributed by atoms with Crippen molar-refractivity contribution >= 4 is 29.1 Å². The molecule has 2 aromatic carbocycles. The fourth-order valence-corrected chi connectivity index (χ4v) is 2.44. The van der Waals surface area contributed by atoms with E-state index in [0.717, 1.165) is 5.56 Å². The van der Waals surface area contributed by atoms with Crippen LogP contribution in [0.3, 0.4) is 0 Å². The Bertz CT molecular complexity index is 793. The van der Waals surface area contributed by atoms with Crippen molar-refractivity contribution in [3.8, 4) is 11.5 Å². The molecule has 2 rings (SSSR count). The molecule has 7 heteroatoms. The SMILES string of the molecule is COc1ccc(C(=O)NCC(=O)Nc2ccc(C)cc2Cl)cc1OC. The summed E-state index contributed by atoms with van der Waals surface area (Å²) in [5, 5.41) is 5.65. The van der Waals surface area contributed by atoms with Gasteiger partial charge in [0, 0.05) is 5.56 Å². The summed E-state index contributed by atoms with van der Waals surface area (Å²) >= 11 is 6.07. The highest BCUT2D eigenvalue weighted by atomic mass is 35.5. The Balaban J connectivity index is 1.96. The molecule has 0 aliphatic carbocycles. The monoisotopic (exact) mass is 362 g/mol. The normalized spacial score (nSPS) is 10.1. The minimum Gasteiger partial charge on any atom is -0.493 e. The van der Waals surface area contributed by atoms with Crippen molar-refractivity contribution in [3.63, 3.8) is 0 Å². The molecule has 0 saturated carbocycles. The number of amides is 2. The molecule has 0 heterocycles. The maximum atomic E-state index is 12.2. The second-order valence-corrected chi connectivity index (χ2v) is 5.69. The fraction of sp³-hybridized carbons (Fsp3) is 0.222. The number of ether oxygens (including phenoxy) is 2. The molecule has 0 saturated heterocycles. The van der Waals surface area contributed by atoms with Crippen LogP contribution < -0.4 is 20.1 Å². The number of rotatable bonds is 6. The largest absolute Gasteiger partial charge is 0.493 e. The van der Waals surface area contributed by atoms with Crippen molar-refractivity contribution in [3.05, 3.63) is 52.5 Å². The minimum absolute atomic E-state index is 0.183.